The summed E-state index contributed by atoms with van der Waals surface area (Å²) in [4.78, 5) is 9.59. The molecule has 0 bridgehead atoms. The highest BCUT2D eigenvalue weighted by atomic mass is 32.2. The van der Waals surface area contributed by atoms with E-state index in [1.54, 1.807) is 0 Å². The van der Waals surface area contributed by atoms with Gasteiger partial charge in [0.05, 0.1) is 15.4 Å². The van der Waals surface area contributed by atoms with Crippen LogP contribution in [0, 0.1) is 22.9 Å². The number of unbranched alkanes of at least 4 members (excludes halogenated alkanes) is 1. The Morgan fingerprint density at radius 3 is 2.59 bits per heavy atom. The first-order valence-corrected chi connectivity index (χ1v) is 8.38. The summed E-state index contributed by atoms with van der Waals surface area (Å²) < 4.78 is 40.6. The lowest BCUT2D eigenvalue weighted by Gasteiger charge is -2.16. The van der Waals surface area contributed by atoms with Gasteiger partial charge in [0.15, 0.2) is 0 Å². The number of nitrogens with two attached hydrogens (primary N) is 1. The smallest absolute Gasteiger partial charge is 0.276 e. The number of benzene rings is 1. The average Bonchev–Trinajstić information content (AvgIpc) is 2.45. The van der Waals surface area contributed by atoms with Gasteiger partial charge in [0, 0.05) is 18.7 Å². The minimum Gasteiger partial charge on any atom is -0.329 e. The van der Waals surface area contributed by atoms with Crippen molar-refractivity contribution in [2.45, 2.75) is 44.0 Å². The summed E-state index contributed by atoms with van der Waals surface area (Å²) in [5.41, 5.74) is 4.75. The third kappa shape index (κ3) is 4.46. The molecule has 124 valence electrons. The largest absolute Gasteiger partial charge is 0.329 e. The Bertz CT molecular complexity index is 649. The Balaban J connectivity index is 3.15. The van der Waals surface area contributed by atoms with Crippen LogP contribution in [0.2, 0.25) is 0 Å². The molecule has 1 atom stereocenters. The van der Waals surface area contributed by atoms with Gasteiger partial charge in [-0.2, -0.15) is 0 Å². The van der Waals surface area contributed by atoms with E-state index in [2.05, 4.69) is 4.72 Å². The van der Waals surface area contributed by atoms with E-state index in [4.69, 9.17) is 5.73 Å². The molecule has 0 spiro atoms. The number of hydrogen-bond acceptors (Lipinski definition) is 5. The van der Waals surface area contributed by atoms with Crippen molar-refractivity contribution in [1.82, 2.24) is 4.72 Å². The van der Waals surface area contributed by atoms with Crippen LogP contribution >= 0.6 is 0 Å². The lowest BCUT2D eigenvalue weighted by atomic mass is 10.1. The number of halogens is 1. The van der Waals surface area contributed by atoms with Crippen LogP contribution in [0.15, 0.2) is 17.0 Å². The van der Waals surface area contributed by atoms with Gasteiger partial charge >= 0.3 is 0 Å². The molecule has 1 unspecified atom stereocenters. The highest BCUT2D eigenvalue weighted by Crippen LogP contribution is 2.25. The van der Waals surface area contributed by atoms with Crippen LogP contribution < -0.4 is 10.5 Å². The molecule has 1 aromatic carbocycles. The minimum atomic E-state index is -4.07. The van der Waals surface area contributed by atoms with E-state index in [0.717, 1.165) is 25.0 Å². The first-order chi connectivity index (χ1) is 10.2. The highest BCUT2D eigenvalue weighted by molar-refractivity contribution is 7.89. The van der Waals surface area contributed by atoms with Gasteiger partial charge in [-0.3, -0.25) is 10.1 Å². The number of hydrogen-bond donors (Lipinski definition) is 2. The lowest BCUT2D eigenvalue weighted by molar-refractivity contribution is -0.385. The molecular weight excluding hydrogens is 313 g/mol. The first-order valence-electron chi connectivity index (χ1n) is 6.89. The van der Waals surface area contributed by atoms with E-state index in [1.807, 2.05) is 6.92 Å². The van der Waals surface area contributed by atoms with Gasteiger partial charge in [-0.25, -0.2) is 17.5 Å². The fourth-order valence-corrected chi connectivity index (χ4v) is 3.26. The molecule has 9 heteroatoms. The maximum atomic E-state index is 13.7. The van der Waals surface area contributed by atoms with Crippen LogP contribution in [0.3, 0.4) is 0 Å². The standard InChI is InChI=1S/C13H20FN3O4S/c1-3-4-5-10(8-15)16-22(20,21)11-6-12(14)9(2)13(7-11)17(18)19/h6-7,10,16H,3-5,8,15H2,1-2H3. The number of nitro benzene ring substituents is 1. The van der Waals surface area contributed by atoms with Crippen molar-refractivity contribution in [1.29, 1.82) is 0 Å². The second kappa shape index (κ2) is 7.61. The fraction of sp³-hybridized carbons (Fsp3) is 0.538. The summed E-state index contributed by atoms with van der Waals surface area (Å²) in [7, 11) is -4.07. The van der Waals surface area contributed by atoms with Crippen molar-refractivity contribution >= 4 is 15.7 Å². The van der Waals surface area contributed by atoms with Crippen molar-refractivity contribution in [2.24, 2.45) is 5.73 Å². The van der Waals surface area contributed by atoms with E-state index in [-0.39, 0.29) is 12.1 Å². The highest BCUT2D eigenvalue weighted by Gasteiger charge is 2.25. The average molecular weight is 333 g/mol. The van der Waals surface area contributed by atoms with E-state index in [0.29, 0.717) is 6.42 Å². The number of nitrogens with one attached hydrogen (secondary N) is 1. The second-order valence-corrected chi connectivity index (χ2v) is 6.72. The number of nitrogens with zero attached hydrogens (tertiary/aromatic N) is 1. The Morgan fingerprint density at radius 2 is 2.09 bits per heavy atom. The van der Waals surface area contributed by atoms with Gasteiger partial charge in [0.2, 0.25) is 10.0 Å². The van der Waals surface area contributed by atoms with Crippen molar-refractivity contribution in [3.63, 3.8) is 0 Å². The molecule has 0 amide bonds. The van der Waals surface area contributed by atoms with Crippen LogP contribution in [-0.2, 0) is 10.0 Å². The van der Waals surface area contributed by atoms with E-state index >= 15 is 0 Å². The molecule has 0 aromatic heterocycles. The first kappa shape index (κ1) is 18.5. The molecule has 0 aliphatic rings. The summed E-state index contributed by atoms with van der Waals surface area (Å²) in [5.74, 6) is -0.938. The molecule has 7 nitrogen and oxygen atoms in total. The molecule has 0 aliphatic carbocycles. The van der Waals surface area contributed by atoms with Crippen LogP contribution in [-0.4, -0.2) is 25.9 Å². The molecule has 1 aromatic rings. The van der Waals surface area contributed by atoms with Crippen LogP contribution in [0.5, 0.6) is 0 Å². The van der Waals surface area contributed by atoms with Crippen LogP contribution in [0.25, 0.3) is 0 Å². The predicted molar refractivity (Wildman–Crippen MR) is 80.5 cm³/mol. The SMILES string of the molecule is CCCCC(CN)NS(=O)(=O)c1cc(F)c(C)c([N+](=O)[O-])c1. The Morgan fingerprint density at radius 1 is 1.45 bits per heavy atom. The van der Waals surface area contributed by atoms with Gasteiger partial charge < -0.3 is 5.73 Å². The molecule has 3 N–H and O–H groups in total. The maximum absolute atomic E-state index is 13.7. The molecule has 0 aliphatic heterocycles. The summed E-state index contributed by atoms with van der Waals surface area (Å²) in [6.07, 6.45) is 2.21. The number of rotatable bonds is 8. The molecule has 0 heterocycles. The van der Waals surface area contributed by atoms with Crippen molar-refractivity contribution in [2.75, 3.05) is 6.54 Å². The molecule has 0 radical (unpaired) electrons. The summed E-state index contributed by atoms with van der Waals surface area (Å²) >= 11 is 0. The van der Waals surface area contributed by atoms with Gasteiger partial charge in [-0.05, 0) is 19.4 Å². The number of nitro groups is 1. The third-order valence-electron chi connectivity index (χ3n) is 3.31. The molecule has 0 fully saturated rings. The minimum absolute atomic E-state index is 0.0929. The molecule has 22 heavy (non-hydrogen) atoms. The third-order valence-corrected chi connectivity index (χ3v) is 4.81. The monoisotopic (exact) mass is 333 g/mol. The quantitative estimate of drug-likeness (QED) is 0.556. The van der Waals surface area contributed by atoms with Crippen LogP contribution in [0.4, 0.5) is 10.1 Å². The molecular formula is C13H20FN3O4S. The van der Waals surface area contributed by atoms with Crippen molar-refractivity contribution in [3.8, 4) is 0 Å². The number of sulfonamides is 1. The van der Waals surface area contributed by atoms with Gasteiger partial charge in [0.25, 0.3) is 5.69 Å². The summed E-state index contributed by atoms with van der Waals surface area (Å²) in [6, 6.07) is 1.14. The van der Waals surface area contributed by atoms with E-state index < -0.39 is 37.4 Å². The summed E-state index contributed by atoms with van der Waals surface area (Å²) in [5, 5.41) is 10.9. The molecule has 1 rings (SSSR count). The molecule has 0 saturated carbocycles. The van der Waals surface area contributed by atoms with Gasteiger partial charge in [-0.15, -0.1) is 0 Å². The zero-order valence-electron chi connectivity index (χ0n) is 12.5. The maximum Gasteiger partial charge on any atom is 0.276 e. The van der Waals surface area contributed by atoms with Crippen LogP contribution in [0.1, 0.15) is 31.7 Å². The van der Waals surface area contributed by atoms with E-state index in [9.17, 15) is 22.9 Å². The van der Waals surface area contributed by atoms with Gasteiger partial charge in [0.1, 0.15) is 5.82 Å². The normalized spacial score (nSPS) is 13.1. The van der Waals surface area contributed by atoms with E-state index in [1.165, 1.54) is 6.92 Å². The second-order valence-electron chi connectivity index (χ2n) is 5.00. The Kier molecular flexibility index (Phi) is 6.39. The lowest BCUT2D eigenvalue weighted by Crippen LogP contribution is -2.40. The molecule has 0 saturated heterocycles. The van der Waals surface area contributed by atoms with Crippen molar-refractivity contribution in [3.05, 3.63) is 33.6 Å². The predicted octanol–water partition coefficient (Wildman–Crippen LogP) is 1.84. The zero-order chi connectivity index (χ0) is 16.9. The Hall–Kier alpha value is -1.58. The zero-order valence-corrected chi connectivity index (χ0v) is 13.3. The summed E-state index contributed by atoms with van der Waals surface area (Å²) in [6.45, 7) is 3.28. The van der Waals surface area contributed by atoms with Crippen molar-refractivity contribution < 1.29 is 17.7 Å². The fourth-order valence-electron chi connectivity index (χ4n) is 1.95. The van der Waals surface area contributed by atoms with Gasteiger partial charge in [-0.1, -0.05) is 19.8 Å². The Labute approximate surface area is 128 Å². The topological polar surface area (TPSA) is 115 Å².